The molecule has 2 nitrogen and oxygen atoms in total. The summed E-state index contributed by atoms with van der Waals surface area (Å²) in [6.07, 6.45) is 0. The zero-order valence-corrected chi connectivity index (χ0v) is 13.7. The van der Waals surface area contributed by atoms with Gasteiger partial charge in [-0.05, 0) is 61.4 Å². The third-order valence-electron chi connectivity index (χ3n) is 3.63. The van der Waals surface area contributed by atoms with E-state index in [4.69, 9.17) is 10.2 Å². The van der Waals surface area contributed by atoms with E-state index in [0.717, 1.165) is 21.0 Å². The molecule has 4 heteroatoms. The summed E-state index contributed by atoms with van der Waals surface area (Å²) in [6, 6.07) is 10.2. The molecule has 0 amide bonds. The van der Waals surface area contributed by atoms with Crippen molar-refractivity contribution in [2.45, 2.75) is 25.7 Å². The van der Waals surface area contributed by atoms with Crippen molar-refractivity contribution < 1.29 is 0 Å². The maximum absolute atomic E-state index is 8.69. The Morgan fingerprint density at radius 1 is 1.10 bits per heavy atom. The van der Waals surface area contributed by atoms with Gasteiger partial charge in [-0.3, -0.25) is 0 Å². The lowest BCUT2D eigenvalue weighted by Gasteiger charge is -2.02. The van der Waals surface area contributed by atoms with Crippen LogP contribution < -0.4 is 0 Å². The number of hydrogen-bond donors (Lipinski definition) is 0. The van der Waals surface area contributed by atoms with Crippen LogP contribution in [0, 0.1) is 31.4 Å². The summed E-state index contributed by atoms with van der Waals surface area (Å²) >= 11 is 2.92. The van der Waals surface area contributed by atoms with E-state index >= 15 is 0 Å². The Balaban J connectivity index is 2.11. The van der Waals surface area contributed by atoms with Gasteiger partial charge in [0.15, 0.2) is 0 Å². The van der Waals surface area contributed by atoms with E-state index in [1.54, 1.807) is 11.3 Å². The second-order valence-corrected chi connectivity index (χ2v) is 6.91. The van der Waals surface area contributed by atoms with Crippen molar-refractivity contribution >= 4 is 33.3 Å². The van der Waals surface area contributed by atoms with Crippen LogP contribution in [0.1, 0.15) is 16.7 Å². The average Bonchev–Trinajstić information content (AvgIpc) is 2.92. The van der Waals surface area contributed by atoms with Crippen LogP contribution >= 0.6 is 23.1 Å². The van der Waals surface area contributed by atoms with Crippen molar-refractivity contribution in [3.8, 4) is 16.0 Å². The van der Waals surface area contributed by atoms with Gasteiger partial charge >= 0.3 is 0 Å². The van der Waals surface area contributed by atoms with Gasteiger partial charge in [0, 0.05) is 10.5 Å². The fraction of sp³-hybridized carbons (Fsp3) is 0.176. The third-order valence-corrected chi connectivity index (χ3v) is 5.45. The van der Waals surface area contributed by atoms with Crippen LogP contribution in [0.25, 0.3) is 20.8 Å². The first kappa shape index (κ1) is 14.1. The molecule has 0 N–H and O–H groups in total. The molecule has 0 bridgehead atoms. The molecule has 0 atom stereocenters. The number of nitriles is 1. The molecule has 21 heavy (non-hydrogen) atoms. The van der Waals surface area contributed by atoms with Gasteiger partial charge in [-0.25, -0.2) is 4.98 Å². The number of aromatic nitrogens is 1. The molecule has 2 aromatic carbocycles. The van der Waals surface area contributed by atoms with Crippen LogP contribution in [0.3, 0.4) is 0 Å². The topological polar surface area (TPSA) is 36.7 Å². The summed E-state index contributed by atoms with van der Waals surface area (Å²) in [6.45, 7) is 6.42. The summed E-state index contributed by atoms with van der Waals surface area (Å²) in [5.74, 6) is 0. The van der Waals surface area contributed by atoms with E-state index in [9.17, 15) is 0 Å². The minimum absolute atomic E-state index is 0.963. The fourth-order valence-electron chi connectivity index (χ4n) is 2.36. The van der Waals surface area contributed by atoms with Crippen LogP contribution in [0.2, 0.25) is 0 Å². The predicted molar refractivity (Wildman–Crippen MR) is 90.7 cm³/mol. The molecule has 0 unspecified atom stereocenters. The minimum Gasteiger partial charge on any atom is -0.236 e. The molecule has 104 valence electrons. The smallest absolute Gasteiger partial charge is 0.138 e. The lowest BCUT2D eigenvalue weighted by atomic mass is 10.1. The second-order valence-electron chi connectivity index (χ2n) is 5.05. The summed E-state index contributed by atoms with van der Waals surface area (Å²) in [5.41, 5.74) is 6.07. The highest BCUT2D eigenvalue weighted by Gasteiger charge is 2.12. The highest BCUT2D eigenvalue weighted by molar-refractivity contribution is 8.03. The molecule has 3 aromatic rings. The maximum Gasteiger partial charge on any atom is 0.138 e. The molecule has 0 saturated heterocycles. The minimum atomic E-state index is 0.963. The van der Waals surface area contributed by atoms with Gasteiger partial charge < -0.3 is 0 Å². The quantitative estimate of drug-likeness (QED) is 0.465. The standard InChI is InChI=1S/C17H14N2S2/c1-10-8-11(2)15-16(12(10)3)21-17(19-15)13-4-6-14(7-5-13)20-9-18/h4-8H,1-3H3. The summed E-state index contributed by atoms with van der Waals surface area (Å²) in [7, 11) is 0. The number of aryl methyl sites for hydroxylation is 3. The van der Waals surface area contributed by atoms with E-state index < -0.39 is 0 Å². The van der Waals surface area contributed by atoms with Gasteiger partial charge in [-0.1, -0.05) is 18.2 Å². The Kier molecular flexibility index (Phi) is 3.71. The summed E-state index contributed by atoms with van der Waals surface area (Å²) in [5, 5.41) is 11.8. The SMILES string of the molecule is Cc1cc(C)c2nc(-c3ccc(SC#N)cc3)sc2c1C. The first-order valence-electron chi connectivity index (χ1n) is 6.64. The Morgan fingerprint density at radius 3 is 2.48 bits per heavy atom. The van der Waals surface area contributed by atoms with E-state index in [-0.39, 0.29) is 0 Å². The Morgan fingerprint density at radius 2 is 1.81 bits per heavy atom. The zero-order valence-electron chi connectivity index (χ0n) is 12.1. The molecule has 0 aliphatic heterocycles. The van der Waals surface area contributed by atoms with Crippen molar-refractivity contribution in [2.75, 3.05) is 0 Å². The van der Waals surface area contributed by atoms with Crippen molar-refractivity contribution in [1.82, 2.24) is 4.98 Å². The van der Waals surface area contributed by atoms with Gasteiger partial charge in [0.25, 0.3) is 0 Å². The van der Waals surface area contributed by atoms with Crippen molar-refractivity contribution in [2.24, 2.45) is 0 Å². The number of nitrogens with zero attached hydrogens (tertiary/aromatic N) is 2. The molecule has 0 fully saturated rings. The molecule has 0 spiro atoms. The Labute approximate surface area is 132 Å². The van der Waals surface area contributed by atoms with Crippen molar-refractivity contribution in [3.05, 3.63) is 47.0 Å². The Hall–Kier alpha value is -1.83. The molecule has 1 heterocycles. The number of thiazole rings is 1. The van der Waals surface area contributed by atoms with Crippen LogP contribution in [0.5, 0.6) is 0 Å². The van der Waals surface area contributed by atoms with Crippen LogP contribution in [-0.4, -0.2) is 4.98 Å². The van der Waals surface area contributed by atoms with Crippen molar-refractivity contribution in [1.29, 1.82) is 5.26 Å². The monoisotopic (exact) mass is 310 g/mol. The largest absolute Gasteiger partial charge is 0.236 e. The number of rotatable bonds is 2. The molecule has 3 rings (SSSR count). The number of thioether (sulfide) groups is 1. The van der Waals surface area contributed by atoms with E-state index in [1.165, 1.54) is 33.2 Å². The predicted octanol–water partition coefficient (Wildman–Crippen LogP) is 5.46. The number of fused-ring (bicyclic) bond motifs is 1. The van der Waals surface area contributed by atoms with Crippen LogP contribution in [-0.2, 0) is 0 Å². The maximum atomic E-state index is 8.69. The molecule has 0 radical (unpaired) electrons. The van der Waals surface area contributed by atoms with Gasteiger partial charge in [-0.2, -0.15) is 5.26 Å². The first-order valence-corrected chi connectivity index (χ1v) is 8.27. The first-order chi connectivity index (χ1) is 10.1. The van der Waals surface area contributed by atoms with Crippen molar-refractivity contribution in [3.63, 3.8) is 0 Å². The highest BCUT2D eigenvalue weighted by atomic mass is 32.2. The molecule has 0 aliphatic carbocycles. The van der Waals surface area contributed by atoms with Crippen LogP contribution in [0.15, 0.2) is 35.2 Å². The van der Waals surface area contributed by atoms with E-state index in [0.29, 0.717) is 0 Å². The molecule has 0 saturated carbocycles. The summed E-state index contributed by atoms with van der Waals surface area (Å²) in [4.78, 5) is 5.77. The number of benzene rings is 2. The van der Waals surface area contributed by atoms with Crippen LogP contribution in [0.4, 0.5) is 0 Å². The molecular formula is C17H14N2S2. The highest BCUT2D eigenvalue weighted by Crippen LogP contribution is 2.35. The van der Waals surface area contributed by atoms with E-state index in [1.807, 2.05) is 24.3 Å². The van der Waals surface area contributed by atoms with Gasteiger partial charge in [0.2, 0.25) is 0 Å². The molecule has 0 aliphatic rings. The zero-order chi connectivity index (χ0) is 15.0. The lowest BCUT2D eigenvalue weighted by molar-refractivity contribution is 1.33. The van der Waals surface area contributed by atoms with Gasteiger partial charge in [0.05, 0.1) is 10.2 Å². The Bertz CT molecular complexity index is 855. The molecule has 1 aromatic heterocycles. The molecular weight excluding hydrogens is 296 g/mol. The fourth-order valence-corrected chi connectivity index (χ4v) is 3.94. The third kappa shape index (κ3) is 2.55. The van der Waals surface area contributed by atoms with E-state index in [2.05, 4.69) is 32.2 Å². The van der Waals surface area contributed by atoms with Gasteiger partial charge in [-0.15, -0.1) is 11.3 Å². The number of thiocyanates is 1. The van der Waals surface area contributed by atoms with Gasteiger partial charge in [0.1, 0.15) is 10.4 Å². The average molecular weight is 310 g/mol. The lowest BCUT2D eigenvalue weighted by Crippen LogP contribution is -1.85. The second kappa shape index (κ2) is 5.51. The summed E-state index contributed by atoms with van der Waals surface area (Å²) < 4.78 is 1.28. The normalized spacial score (nSPS) is 10.8. The number of hydrogen-bond acceptors (Lipinski definition) is 4.